The van der Waals surface area contributed by atoms with E-state index in [1.54, 1.807) is 17.8 Å². The number of rotatable bonds is 5. The monoisotopic (exact) mass is 358 g/mol. The van der Waals surface area contributed by atoms with Gasteiger partial charge >= 0.3 is 6.09 Å². The second-order valence-corrected chi connectivity index (χ2v) is 5.97. The summed E-state index contributed by atoms with van der Waals surface area (Å²) in [6.45, 7) is 6.01. The van der Waals surface area contributed by atoms with Crippen molar-refractivity contribution >= 4 is 23.0 Å². The van der Waals surface area contributed by atoms with Gasteiger partial charge in [-0.1, -0.05) is 0 Å². The maximum atomic E-state index is 12.1. The number of carbonyl (C=O) groups is 1. The number of nitrogens with zero attached hydrogens (tertiary/aromatic N) is 4. The van der Waals surface area contributed by atoms with Gasteiger partial charge in [0.05, 0.1) is 48.1 Å². The number of hydrogen-bond donors (Lipinski definition) is 2. The van der Waals surface area contributed by atoms with Crippen molar-refractivity contribution in [1.29, 1.82) is 5.26 Å². The van der Waals surface area contributed by atoms with Crippen LogP contribution in [0, 0.1) is 18.3 Å². The molecule has 2 aromatic rings. The number of carbonyl (C=O) groups excluding carboxylic acids is 1. The van der Waals surface area contributed by atoms with Crippen molar-refractivity contribution in [3.8, 4) is 6.07 Å². The molecule has 9 nitrogen and oxygen atoms in total. The molecule has 0 atom stereocenters. The van der Waals surface area contributed by atoms with E-state index in [0.29, 0.717) is 43.3 Å². The van der Waals surface area contributed by atoms with E-state index in [0.717, 1.165) is 24.2 Å². The first-order valence-corrected chi connectivity index (χ1v) is 8.46. The van der Waals surface area contributed by atoms with Crippen LogP contribution in [-0.4, -0.2) is 67.1 Å². The second-order valence-electron chi connectivity index (χ2n) is 5.97. The van der Waals surface area contributed by atoms with Crippen LogP contribution in [0.1, 0.15) is 11.1 Å². The molecular weight excluding hydrogens is 336 g/mol. The van der Waals surface area contributed by atoms with E-state index in [1.807, 2.05) is 6.92 Å². The van der Waals surface area contributed by atoms with E-state index in [-0.39, 0.29) is 0 Å². The highest BCUT2D eigenvalue weighted by Crippen LogP contribution is 2.29. The predicted octanol–water partition coefficient (Wildman–Crippen LogP) is 1.44. The van der Waals surface area contributed by atoms with Gasteiger partial charge in [-0.15, -0.1) is 0 Å². The summed E-state index contributed by atoms with van der Waals surface area (Å²) >= 11 is 0. The van der Waals surface area contributed by atoms with Gasteiger partial charge in [-0.25, -0.2) is 9.31 Å². The van der Waals surface area contributed by atoms with Crippen LogP contribution >= 0.6 is 0 Å². The minimum atomic E-state index is -0.510. The third kappa shape index (κ3) is 3.71. The van der Waals surface area contributed by atoms with Crippen LogP contribution in [-0.2, 0) is 9.47 Å². The summed E-state index contributed by atoms with van der Waals surface area (Å²) in [6, 6.07) is 2.11. The summed E-state index contributed by atoms with van der Waals surface area (Å²) < 4.78 is 12.2. The number of ether oxygens (including phenoxy) is 2. The van der Waals surface area contributed by atoms with Crippen LogP contribution in [0.25, 0.3) is 5.52 Å². The van der Waals surface area contributed by atoms with Crippen molar-refractivity contribution < 1.29 is 14.3 Å². The summed E-state index contributed by atoms with van der Waals surface area (Å²) in [4.78, 5) is 14.3. The van der Waals surface area contributed by atoms with Gasteiger partial charge in [0.25, 0.3) is 0 Å². The van der Waals surface area contributed by atoms with Crippen LogP contribution in [0.5, 0.6) is 0 Å². The summed E-state index contributed by atoms with van der Waals surface area (Å²) in [6.07, 6.45) is 2.68. The predicted molar refractivity (Wildman–Crippen MR) is 96.4 cm³/mol. The first-order chi connectivity index (χ1) is 12.6. The smallest absolute Gasteiger partial charge is 0.411 e. The van der Waals surface area contributed by atoms with E-state index < -0.39 is 6.09 Å². The Bertz CT molecular complexity index is 835. The number of hydrogen-bond acceptors (Lipinski definition) is 7. The Kier molecular flexibility index (Phi) is 5.55. The molecular formula is C17H22N6O3. The fraction of sp³-hybridized carbons (Fsp3) is 0.471. The van der Waals surface area contributed by atoms with Gasteiger partial charge in [0.1, 0.15) is 12.7 Å². The quantitative estimate of drug-likeness (QED) is 0.833. The Morgan fingerprint density at radius 1 is 1.46 bits per heavy atom. The lowest BCUT2D eigenvalue weighted by Gasteiger charge is -2.26. The molecule has 0 unspecified atom stereocenters. The van der Waals surface area contributed by atoms with Crippen LogP contribution in [0.2, 0.25) is 0 Å². The Morgan fingerprint density at radius 3 is 2.92 bits per heavy atom. The molecule has 3 rings (SSSR count). The molecule has 2 aromatic heterocycles. The molecule has 0 aromatic carbocycles. The highest BCUT2D eigenvalue weighted by molar-refractivity contribution is 5.91. The van der Waals surface area contributed by atoms with E-state index >= 15 is 0 Å². The van der Waals surface area contributed by atoms with E-state index in [4.69, 9.17) is 9.47 Å². The standard InChI is InChI=1S/C17H22N6O3/c1-12-14(11-23-16(12)15(19-2)13(9-18)10-20-23)21-17(24)26-8-5-22-3-6-25-7-4-22/h10-11,19H,3-8H2,1-2H3,(H,21,24). The van der Waals surface area contributed by atoms with Gasteiger partial charge in [0.15, 0.2) is 0 Å². The topological polar surface area (TPSA) is 104 Å². The van der Waals surface area contributed by atoms with Crippen molar-refractivity contribution in [3.63, 3.8) is 0 Å². The molecule has 3 heterocycles. The van der Waals surface area contributed by atoms with Gasteiger partial charge < -0.3 is 14.8 Å². The van der Waals surface area contributed by atoms with Crippen LogP contribution in [0.3, 0.4) is 0 Å². The number of morpholine rings is 1. The first kappa shape index (κ1) is 18.0. The minimum Gasteiger partial charge on any atom is -0.448 e. The van der Waals surface area contributed by atoms with Crippen LogP contribution in [0.15, 0.2) is 12.4 Å². The highest BCUT2D eigenvalue weighted by Gasteiger charge is 2.17. The van der Waals surface area contributed by atoms with Gasteiger partial charge in [-0.2, -0.15) is 10.4 Å². The zero-order valence-electron chi connectivity index (χ0n) is 14.9. The molecule has 1 aliphatic heterocycles. The van der Waals surface area contributed by atoms with Gasteiger partial charge in [-0.3, -0.25) is 10.2 Å². The molecule has 26 heavy (non-hydrogen) atoms. The number of aromatic nitrogens is 2. The third-order valence-corrected chi connectivity index (χ3v) is 4.41. The molecule has 1 amide bonds. The van der Waals surface area contributed by atoms with Gasteiger partial charge in [0.2, 0.25) is 0 Å². The highest BCUT2D eigenvalue weighted by atomic mass is 16.5. The lowest BCUT2D eigenvalue weighted by Crippen LogP contribution is -2.38. The minimum absolute atomic E-state index is 0.316. The zero-order valence-corrected chi connectivity index (χ0v) is 14.9. The van der Waals surface area contributed by atoms with Crippen molar-refractivity contribution in [2.24, 2.45) is 0 Å². The van der Waals surface area contributed by atoms with Gasteiger partial charge in [0, 0.05) is 32.2 Å². The molecule has 0 spiro atoms. The maximum Gasteiger partial charge on any atom is 0.411 e. The number of nitriles is 1. The molecule has 1 aliphatic rings. The molecule has 138 valence electrons. The lowest BCUT2D eigenvalue weighted by molar-refractivity contribution is 0.0290. The van der Waals surface area contributed by atoms with E-state index in [9.17, 15) is 10.1 Å². The Balaban J connectivity index is 1.65. The van der Waals surface area contributed by atoms with E-state index in [2.05, 4.69) is 26.7 Å². The lowest BCUT2D eigenvalue weighted by atomic mass is 10.2. The molecule has 2 N–H and O–H groups in total. The summed E-state index contributed by atoms with van der Waals surface area (Å²) in [5.41, 5.74) is 3.27. The molecule has 9 heteroatoms. The molecule has 0 aliphatic carbocycles. The molecule has 0 saturated carbocycles. The fourth-order valence-corrected chi connectivity index (χ4v) is 2.99. The normalized spacial score (nSPS) is 14.8. The first-order valence-electron chi connectivity index (χ1n) is 8.46. The number of amides is 1. The molecule has 1 fully saturated rings. The Morgan fingerprint density at radius 2 is 2.23 bits per heavy atom. The summed E-state index contributed by atoms with van der Waals surface area (Å²) in [7, 11) is 1.75. The summed E-state index contributed by atoms with van der Waals surface area (Å²) in [5, 5.41) is 19.2. The van der Waals surface area contributed by atoms with Crippen molar-refractivity contribution in [1.82, 2.24) is 14.5 Å². The largest absolute Gasteiger partial charge is 0.448 e. The van der Waals surface area contributed by atoms with Crippen LogP contribution < -0.4 is 10.6 Å². The van der Waals surface area contributed by atoms with Gasteiger partial charge in [-0.05, 0) is 6.92 Å². The molecule has 1 saturated heterocycles. The number of anilines is 2. The van der Waals surface area contributed by atoms with Crippen LogP contribution in [0.4, 0.5) is 16.2 Å². The third-order valence-electron chi connectivity index (χ3n) is 4.41. The Hall–Kier alpha value is -2.83. The summed E-state index contributed by atoms with van der Waals surface area (Å²) in [5.74, 6) is 0. The number of aryl methyl sites for hydroxylation is 1. The number of fused-ring (bicyclic) bond motifs is 1. The number of nitrogens with one attached hydrogen (secondary N) is 2. The van der Waals surface area contributed by atoms with Crippen molar-refractivity contribution in [3.05, 3.63) is 23.5 Å². The molecule has 0 bridgehead atoms. The fourth-order valence-electron chi connectivity index (χ4n) is 2.99. The average Bonchev–Trinajstić information content (AvgIpc) is 2.97. The van der Waals surface area contributed by atoms with Crippen molar-refractivity contribution in [2.75, 3.05) is 57.1 Å². The average molecular weight is 358 g/mol. The maximum absolute atomic E-state index is 12.1. The zero-order chi connectivity index (χ0) is 18.5. The Labute approximate surface area is 151 Å². The van der Waals surface area contributed by atoms with E-state index in [1.165, 1.54) is 6.20 Å². The molecule has 0 radical (unpaired) electrons. The SMILES string of the molecule is CNc1c(C#N)cnn2cc(NC(=O)OCCN3CCOCC3)c(C)c12. The van der Waals surface area contributed by atoms with Crippen molar-refractivity contribution in [2.45, 2.75) is 6.92 Å². The second kappa shape index (κ2) is 8.03.